The summed E-state index contributed by atoms with van der Waals surface area (Å²) in [7, 11) is 0. The largest absolute Gasteiger partial charge is 0.380 e. The fraction of sp³-hybridized carbons (Fsp3) is 0.429. The van der Waals surface area contributed by atoms with Crippen molar-refractivity contribution < 1.29 is 9.59 Å². The molecule has 8 nitrogen and oxygen atoms in total. The van der Waals surface area contributed by atoms with Crippen LogP contribution in [0.3, 0.4) is 0 Å². The van der Waals surface area contributed by atoms with Crippen molar-refractivity contribution in [2.45, 2.75) is 6.42 Å². The third kappa shape index (κ3) is 3.25. The third-order valence-corrected chi connectivity index (χ3v) is 1.66. The van der Waals surface area contributed by atoms with Gasteiger partial charge in [-0.15, -0.1) is 10.2 Å². The minimum absolute atomic E-state index is 0.0681. The van der Waals surface area contributed by atoms with Crippen LogP contribution in [-0.4, -0.2) is 40.8 Å². The molecule has 1 heterocycles. The van der Waals surface area contributed by atoms with E-state index in [1.807, 2.05) is 0 Å². The first-order valence-corrected chi connectivity index (χ1v) is 4.37. The number of amides is 2. The Hall–Kier alpha value is -2.12. The minimum Gasteiger partial charge on any atom is -0.380 e. The Morgan fingerprint density at radius 2 is 2.27 bits per heavy atom. The number of nitrogen functional groups attached to an aromatic ring is 1. The van der Waals surface area contributed by atoms with Crippen LogP contribution in [0.25, 0.3) is 0 Å². The van der Waals surface area contributed by atoms with Gasteiger partial charge in [0.1, 0.15) is 0 Å². The smallest absolute Gasteiger partial charge is 0.275 e. The number of hydrogen-bond donors (Lipinski definition) is 4. The molecule has 0 radical (unpaired) electrons. The van der Waals surface area contributed by atoms with E-state index in [2.05, 4.69) is 26.0 Å². The van der Waals surface area contributed by atoms with Crippen molar-refractivity contribution in [2.24, 2.45) is 0 Å². The number of nitrogens with one attached hydrogen (secondary N) is 3. The molecule has 0 aliphatic heterocycles. The second kappa shape index (κ2) is 5.58. The average molecular weight is 212 g/mol. The van der Waals surface area contributed by atoms with Gasteiger partial charge >= 0.3 is 0 Å². The fourth-order valence-electron chi connectivity index (χ4n) is 0.941. The Morgan fingerprint density at radius 3 is 2.87 bits per heavy atom. The average Bonchev–Trinajstić information content (AvgIpc) is 2.64. The van der Waals surface area contributed by atoms with E-state index in [1.54, 1.807) is 0 Å². The molecule has 0 aliphatic rings. The molecule has 0 unspecified atom stereocenters. The van der Waals surface area contributed by atoms with Gasteiger partial charge in [-0.25, -0.2) is 0 Å². The van der Waals surface area contributed by atoms with Gasteiger partial charge in [-0.2, -0.15) is 5.21 Å². The fourth-order valence-corrected chi connectivity index (χ4v) is 0.941. The predicted molar refractivity (Wildman–Crippen MR) is 51.8 cm³/mol. The lowest BCUT2D eigenvalue weighted by Crippen LogP contribution is -2.27. The summed E-state index contributed by atoms with van der Waals surface area (Å²) in [6.45, 7) is 0.948. The molecule has 1 aromatic rings. The van der Waals surface area contributed by atoms with Crippen LogP contribution in [0.5, 0.6) is 0 Å². The van der Waals surface area contributed by atoms with E-state index in [4.69, 9.17) is 5.73 Å². The zero-order chi connectivity index (χ0) is 11.1. The Labute approximate surface area is 85.6 Å². The molecule has 5 N–H and O–H groups in total. The molecule has 0 aromatic carbocycles. The van der Waals surface area contributed by atoms with Crippen LogP contribution in [0.15, 0.2) is 0 Å². The lowest BCUT2D eigenvalue weighted by Gasteiger charge is -2.02. The van der Waals surface area contributed by atoms with Crippen molar-refractivity contribution in [1.29, 1.82) is 0 Å². The number of carbonyl (C=O) groups is 2. The number of anilines is 1. The van der Waals surface area contributed by atoms with Crippen molar-refractivity contribution in [3.05, 3.63) is 5.69 Å². The van der Waals surface area contributed by atoms with E-state index in [9.17, 15) is 9.59 Å². The summed E-state index contributed by atoms with van der Waals surface area (Å²) < 4.78 is 0. The monoisotopic (exact) mass is 212 g/mol. The number of rotatable bonds is 6. The number of nitrogens with zero attached hydrogens (tertiary/aromatic N) is 2. The number of hydrogen-bond acceptors (Lipinski definition) is 5. The molecule has 15 heavy (non-hydrogen) atoms. The normalized spacial score (nSPS) is 9.60. The first-order chi connectivity index (χ1) is 7.25. The highest BCUT2D eigenvalue weighted by Gasteiger charge is 2.12. The van der Waals surface area contributed by atoms with Crippen molar-refractivity contribution in [3.8, 4) is 0 Å². The van der Waals surface area contributed by atoms with Gasteiger partial charge in [0, 0.05) is 13.1 Å². The van der Waals surface area contributed by atoms with Crippen LogP contribution in [0.1, 0.15) is 16.9 Å². The maximum absolute atomic E-state index is 11.4. The summed E-state index contributed by atoms with van der Waals surface area (Å²) in [6.07, 6.45) is 1.25. The summed E-state index contributed by atoms with van der Waals surface area (Å²) in [6, 6.07) is 0. The molecular formula is C7H12N6O2. The first kappa shape index (κ1) is 11.0. The van der Waals surface area contributed by atoms with Crippen molar-refractivity contribution >= 4 is 18.1 Å². The molecular weight excluding hydrogens is 200 g/mol. The van der Waals surface area contributed by atoms with E-state index >= 15 is 0 Å². The first-order valence-electron chi connectivity index (χ1n) is 4.37. The van der Waals surface area contributed by atoms with Gasteiger partial charge in [-0.05, 0) is 6.42 Å². The molecule has 2 amide bonds. The van der Waals surface area contributed by atoms with Crippen LogP contribution in [0, 0.1) is 0 Å². The molecule has 0 atom stereocenters. The number of aromatic amines is 1. The van der Waals surface area contributed by atoms with Gasteiger partial charge in [0.25, 0.3) is 5.91 Å². The molecule has 0 spiro atoms. The summed E-state index contributed by atoms with van der Waals surface area (Å²) in [5, 5.41) is 14.4. The van der Waals surface area contributed by atoms with Gasteiger partial charge in [0.15, 0.2) is 11.5 Å². The molecule has 1 aromatic heterocycles. The summed E-state index contributed by atoms with van der Waals surface area (Å²) in [5.74, 6) is -0.314. The topological polar surface area (TPSA) is 126 Å². The van der Waals surface area contributed by atoms with E-state index in [1.165, 1.54) is 0 Å². The highest BCUT2D eigenvalue weighted by atomic mass is 16.2. The molecule has 82 valence electrons. The van der Waals surface area contributed by atoms with Crippen molar-refractivity contribution in [2.75, 3.05) is 18.8 Å². The molecule has 0 aliphatic carbocycles. The highest BCUT2D eigenvalue weighted by molar-refractivity contribution is 5.96. The maximum atomic E-state index is 11.4. The van der Waals surface area contributed by atoms with Crippen LogP contribution in [0.2, 0.25) is 0 Å². The molecule has 0 fully saturated rings. The summed E-state index contributed by atoms with van der Waals surface area (Å²) in [4.78, 5) is 21.3. The second-order valence-corrected chi connectivity index (χ2v) is 2.74. The number of carbonyl (C=O) groups excluding carboxylic acids is 2. The zero-order valence-electron chi connectivity index (χ0n) is 7.99. The lowest BCUT2D eigenvalue weighted by atomic mass is 10.3. The quantitative estimate of drug-likeness (QED) is 0.328. The SMILES string of the molecule is Nc1n[nH]nc1C(=O)NCCCNC=O. The van der Waals surface area contributed by atoms with E-state index in [-0.39, 0.29) is 17.4 Å². The maximum Gasteiger partial charge on any atom is 0.275 e. The highest BCUT2D eigenvalue weighted by Crippen LogP contribution is 2.00. The van der Waals surface area contributed by atoms with Crippen LogP contribution >= 0.6 is 0 Å². The Kier molecular flexibility index (Phi) is 4.07. The van der Waals surface area contributed by atoms with Gasteiger partial charge in [-0.3, -0.25) is 9.59 Å². The van der Waals surface area contributed by atoms with Gasteiger partial charge in [-0.1, -0.05) is 0 Å². The Balaban J connectivity index is 2.25. The predicted octanol–water partition coefficient (Wildman–Crippen LogP) is -1.75. The number of aromatic nitrogens is 3. The van der Waals surface area contributed by atoms with Gasteiger partial charge < -0.3 is 16.4 Å². The summed E-state index contributed by atoms with van der Waals surface area (Å²) in [5.41, 5.74) is 5.45. The Morgan fingerprint density at radius 1 is 1.47 bits per heavy atom. The standard InChI is InChI=1S/C7H12N6O2/c8-6-5(11-13-12-6)7(15)10-3-1-2-9-4-14/h4H,1-3H2,(H,9,14)(H,10,15)(H3,8,11,12,13). The molecule has 8 heteroatoms. The minimum atomic E-state index is -0.382. The number of nitrogens with two attached hydrogens (primary N) is 1. The molecule has 1 rings (SSSR count). The molecule has 0 saturated heterocycles. The van der Waals surface area contributed by atoms with Gasteiger partial charge in [0.05, 0.1) is 0 Å². The van der Waals surface area contributed by atoms with E-state index in [0.29, 0.717) is 25.9 Å². The Bertz CT molecular complexity index is 336. The number of H-pyrrole nitrogens is 1. The molecule has 0 saturated carbocycles. The van der Waals surface area contributed by atoms with E-state index < -0.39 is 0 Å². The van der Waals surface area contributed by atoms with Crippen LogP contribution in [0.4, 0.5) is 5.82 Å². The molecule has 0 bridgehead atoms. The van der Waals surface area contributed by atoms with Crippen LogP contribution in [-0.2, 0) is 4.79 Å². The third-order valence-electron chi connectivity index (χ3n) is 1.66. The summed E-state index contributed by atoms with van der Waals surface area (Å²) >= 11 is 0. The van der Waals surface area contributed by atoms with Crippen LogP contribution < -0.4 is 16.4 Å². The lowest BCUT2D eigenvalue weighted by molar-refractivity contribution is -0.109. The zero-order valence-corrected chi connectivity index (χ0v) is 7.99. The van der Waals surface area contributed by atoms with Crippen molar-refractivity contribution in [3.63, 3.8) is 0 Å². The van der Waals surface area contributed by atoms with Gasteiger partial charge in [0.2, 0.25) is 6.41 Å². The van der Waals surface area contributed by atoms with E-state index in [0.717, 1.165) is 0 Å². The second-order valence-electron chi connectivity index (χ2n) is 2.74. The van der Waals surface area contributed by atoms with Crippen molar-refractivity contribution in [1.82, 2.24) is 26.0 Å².